The molecule has 2 heterocycles. The third-order valence-corrected chi connectivity index (χ3v) is 4.52. The van der Waals surface area contributed by atoms with Crippen LogP contribution >= 0.6 is 0 Å². The summed E-state index contributed by atoms with van der Waals surface area (Å²) in [6.45, 7) is 4.39. The first-order valence-corrected chi connectivity index (χ1v) is 8.50. The molecule has 1 aliphatic rings. The number of amides is 1. The topological polar surface area (TPSA) is 90.5 Å². The number of benzene rings is 1. The summed E-state index contributed by atoms with van der Waals surface area (Å²) in [4.78, 5) is 14.7. The van der Waals surface area contributed by atoms with E-state index < -0.39 is 0 Å². The van der Waals surface area contributed by atoms with E-state index in [4.69, 9.17) is 4.74 Å². The summed E-state index contributed by atoms with van der Waals surface area (Å²) >= 11 is 0. The molecule has 1 amide bonds. The van der Waals surface area contributed by atoms with Crippen molar-refractivity contribution in [1.29, 1.82) is 0 Å². The molecular weight excluding hydrogens is 320 g/mol. The van der Waals surface area contributed by atoms with Gasteiger partial charge in [-0.1, -0.05) is 0 Å². The number of nitrogens with zero attached hydrogens (tertiary/aromatic N) is 2. The molecule has 3 N–H and O–H groups in total. The number of aromatic hydroxyl groups is 1. The Morgan fingerprint density at radius 3 is 3.00 bits per heavy atom. The monoisotopic (exact) mass is 344 g/mol. The molecule has 0 spiro atoms. The SMILES string of the molecule is COCCN1CC[C@H](CNC(=O)c2cc(-c3ccc(O)cc3)n[nH]2)C1. The number of phenols is 1. The van der Waals surface area contributed by atoms with Crippen molar-refractivity contribution in [3.8, 4) is 17.0 Å². The van der Waals surface area contributed by atoms with E-state index in [1.54, 1.807) is 37.4 Å². The number of aromatic nitrogens is 2. The predicted molar refractivity (Wildman–Crippen MR) is 94.4 cm³/mol. The number of phenolic OH excluding ortho intramolecular Hbond substituents is 1. The Balaban J connectivity index is 1.50. The second-order valence-electron chi connectivity index (χ2n) is 6.37. The quantitative estimate of drug-likeness (QED) is 0.708. The first-order chi connectivity index (χ1) is 12.2. The van der Waals surface area contributed by atoms with Gasteiger partial charge in [0, 0.05) is 32.3 Å². The summed E-state index contributed by atoms with van der Waals surface area (Å²) in [6, 6.07) is 8.44. The molecule has 0 radical (unpaired) electrons. The summed E-state index contributed by atoms with van der Waals surface area (Å²) < 4.78 is 5.10. The third kappa shape index (κ3) is 4.58. The number of hydrogen-bond donors (Lipinski definition) is 3. The van der Waals surface area contributed by atoms with Crippen LogP contribution in [0.15, 0.2) is 30.3 Å². The van der Waals surface area contributed by atoms with Crippen molar-refractivity contribution in [2.24, 2.45) is 5.92 Å². The fourth-order valence-electron chi connectivity index (χ4n) is 3.05. The van der Waals surface area contributed by atoms with Crippen molar-refractivity contribution in [1.82, 2.24) is 20.4 Å². The van der Waals surface area contributed by atoms with Gasteiger partial charge in [0.1, 0.15) is 11.4 Å². The zero-order chi connectivity index (χ0) is 17.6. The van der Waals surface area contributed by atoms with Gasteiger partial charge in [-0.25, -0.2) is 0 Å². The molecule has 1 atom stereocenters. The summed E-state index contributed by atoms with van der Waals surface area (Å²) in [5, 5.41) is 19.3. The highest BCUT2D eigenvalue weighted by Crippen LogP contribution is 2.20. The normalized spacial score (nSPS) is 17.7. The van der Waals surface area contributed by atoms with Crippen molar-refractivity contribution < 1.29 is 14.6 Å². The summed E-state index contributed by atoms with van der Waals surface area (Å²) in [5.41, 5.74) is 1.96. The van der Waals surface area contributed by atoms with Crippen LogP contribution in [0.4, 0.5) is 0 Å². The van der Waals surface area contributed by atoms with Crippen LogP contribution in [-0.4, -0.2) is 66.0 Å². The average molecular weight is 344 g/mol. The first-order valence-electron chi connectivity index (χ1n) is 8.50. The van der Waals surface area contributed by atoms with Gasteiger partial charge in [0.25, 0.3) is 5.91 Å². The molecular formula is C18H24N4O3. The standard InChI is InChI=1S/C18H24N4O3/c1-25-9-8-22-7-6-13(12-22)11-19-18(24)17-10-16(20-21-17)14-2-4-15(23)5-3-14/h2-5,10,13,23H,6-9,11-12H2,1H3,(H,19,24)(H,20,21)/t13-/m1/s1. The van der Waals surface area contributed by atoms with Crippen LogP contribution in [0.1, 0.15) is 16.9 Å². The minimum atomic E-state index is -0.145. The Bertz CT molecular complexity index is 699. The molecule has 7 nitrogen and oxygen atoms in total. The maximum atomic E-state index is 12.3. The number of aromatic amines is 1. The van der Waals surface area contributed by atoms with Crippen LogP contribution in [0.2, 0.25) is 0 Å². The van der Waals surface area contributed by atoms with Gasteiger partial charge in [0.05, 0.1) is 12.3 Å². The van der Waals surface area contributed by atoms with Crippen molar-refractivity contribution >= 4 is 5.91 Å². The second-order valence-corrected chi connectivity index (χ2v) is 6.37. The lowest BCUT2D eigenvalue weighted by atomic mass is 10.1. The maximum absolute atomic E-state index is 12.3. The number of carbonyl (C=O) groups excluding carboxylic acids is 1. The fourth-order valence-corrected chi connectivity index (χ4v) is 3.05. The highest BCUT2D eigenvalue weighted by atomic mass is 16.5. The molecule has 2 aromatic rings. The van der Waals surface area contributed by atoms with Crippen LogP contribution in [0.3, 0.4) is 0 Å². The van der Waals surface area contributed by atoms with Crippen molar-refractivity contribution in [2.75, 3.05) is 39.9 Å². The summed E-state index contributed by atoms with van der Waals surface area (Å²) in [7, 11) is 1.71. The zero-order valence-electron chi connectivity index (χ0n) is 14.4. The van der Waals surface area contributed by atoms with Gasteiger partial charge in [-0.05, 0) is 49.2 Å². The number of likely N-dealkylation sites (tertiary alicyclic amines) is 1. The number of hydrogen-bond acceptors (Lipinski definition) is 5. The van der Waals surface area contributed by atoms with Crippen LogP contribution in [0.5, 0.6) is 5.75 Å². The lowest BCUT2D eigenvalue weighted by Gasteiger charge is -2.15. The molecule has 1 saturated heterocycles. The van der Waals surface area contributed by atoms with Crippen LogP contribution in [0, 0.1) is 5.92 Å². The van der Waals surface area contributed by atoms with Crippen LogP contribution in [-0.2, 0) is 4.74 Å². The molecule has 0 aliphatic carbocycles. The first kappa shape index (κ1) is 17.4. The van der Waals surface area contributed by atoms with Crippen molar-refractivity contribution in [3.05, 3.63) is 36.0 Å². The molecule has 0 bridgehead atoms. The van der Waals surface area contributed by atoms with E-state index in [2.05, 4.69) is 20.4 Å². The number of carbonyl (C=O) groups is 1. The van der Waals surface area contributed by atoms with Crippen LogP contribution < -0.4 is 5.32 Å². The molecule has 0 saturated carbocycles. The minimum absolute atomic E-state index is 0.145. The minimum Gasteiger partial charge on any atom is -0.508 e. The molecule has 1 aliphatic heterocycles. The highest BCUT2D eigenvalue weighted by Gasteiger charge is 2.22. The number of H-pyrrole nitrogens is 1. The maximum Gasteiger partial charge on any atom is 0.269 e. The van der Waals surface area contributed by atoms with Gasteiger partial charge in [-0.2, -0.15) is 5.10 Å². The average Bonchev–Trinajstić information content (AvgIpc) is 3.28. The number of ether oxygens (including phenoxy) is 1. The molecule has 1 aromatic carbocycles. The van der Waals surface area contributed by atoms with E-state index in [9.17, 15) is 9.90 Å². The van der Waals surface area contributed by atoms with E-state index in [1.165, 1.54) is 0 Å². The molecule has 3 rings (SSSR count). The lowest BCUT2D eigenvalue weighted by Crippen LogP contribution is -2.32. The fraction of sp³-hybridized carbons (Fsp3) is 0.444. The lowest BCUT2D eigenvalue weighted by molar-refractivity contribution is 0.0941. The van der Waals surface area contributed by atoms with Gasteiger partial charge in [-0.15, -0.1) is 0 Å². The van der Waals surface area contributed by atoms with Crippen molar-refractivity contribution in [2.45, 2.75) is 6.42 Å². The highest BCUT2D eigenvalue weighted by molar-refractivity contribution is 5.93. The molecule has 1 fully saturated rings. The number of rotatable bonds is 7. The molecule has 134 valence electrons. The Morgan fingerprint density at radius 2 is 2.24 bits per heavy atom. The number of methoxy groups -OCH3 is 1. The van der Waals surface area contributed by atoms with Crippen molar-refractivity contribution in [3.63, 3.8) is 0 Å². The van der Waals surface area contributed by atoms with E-state index in [0.717, 1.165) is 38.2 Å². The van der Waals surface area contributed by atoms with Gasteiger partial charge in [-0.3, -0.25) is 9.89 Å². The van der Waals surface area contributed by atoms with E-state index >= 15 is 0 Å². The van der Waals surface area contributed by atoms with Gasteiger partial charge in [0.2, 0.25) is 0 Å². The Kier molecular flexibility index (Phi) is 5.67. The van der Waals surface area contributed by atoms with Gasteiger partial charge in [0.15, 0.2) is 0 Å². The van der Waals surface area contributed by atoms with E-state index in [-0.39, 0.29) is 11.7 Å². The molecule has 1 aromatic heterocycles. The zero-order valence-corrected chi connectivity index (χ0v) is 14.4. The Hall–Kier alpha value is -2.38. The molecule has 25 heavy (non-hydrogen) atoms. The van der Waals surface area contributed by atoms with E-state index in [1.807, 2.05) is 0 Å². The van der Waals surface area contributed by atoms with Crippen LogP contribution in [0.25, 0.3) is 11.3 Å². The molecule has 0 unspecified atom stereocenters. The van der Waals surface area contributed by atoms with E-state index in [0.29, 0.717) is 23.9 Å². The van der Waals surface area contributed by atoms with Gasteiger partial charge >= 0.3 is 0 Å². The predicted octanol–water partition coefficient (Wildman–Crippen LogP) is 1.48. The molecule has 7 heteroatoms. The number of nitrogens with one attached hydrogen (secondary N) is 2. The summed E-state index contributed by atoms with van der Waals surface area (Å²) in [6.07, 6.45) is 1.09. The smallest absolute Gasteiger partial charge is 0.269 e. The largest absolute Gasteiger partial charge is 0.508 e. The van der Waals surface area contributed by atoms with Gasteiger partial charge < -0.3 is 20.1 Å². The second kappa shape index (κ2) is 8.13. The summed E-state index contributed by atoms with van der Waals surface area (Å²) in [5.74, 6) is 0.529. The Labute approximate surface area is 147 Å². The third-order valence-electron chi connectivity index (χ3n) is 4.52. The Morgan fingerprint density at radius 1 is 1.44 bits per heavy atom.